The van der Waals surface area contributed by atoms with E-state index in [1.54, 1.807) is 24.5 Å². The first-order valence-corrected chi connectivity index (χ1v) is 11.6. The molecule has 1 amide bonds. The summed E-state index contributed by atoms with van der Waals surface area (Å²) in [6.45, 7) is 5.78. The summed E-state index contributed by atoms with van der Waals surface area (Å²) in [4.78, 5) is 25.1. The van der Waals surface area contributed by atoms with E-state index >= 15 is 0 Å². The topological polar surface area (TPSA) is 101 Å². The van der Waals surface area contributed by atoms with Crippen LogP contribution in [0.1, 0.15) is 51.5 Å². The number of pyridine rings is 1. The number of aryl methyl sites for hydroxylation is 1. The summed E-state index contributed by atoms with van der Waals surface area (Å²) < 4.78 is 37.8. The average molecular weight is 516 g/mol. The molecule has 196 valence electrons. The molecule has 0 bridgehead atoms. The summed E-state index contributed by atoms with van der Waals surface area (Å²) in [6.07, 6.45) is 0.212. The summed E-state index contributed by atoms with van der Waals surface area (Å²) in [5, 5.41) is 13.7. The molecule has 3 aromatic rings. The Bertz CT molecular complexity index is 1220. The molecule has 1 unspecified atom stereocenters. The predicted octanol–water partition coefficient (Wildman–Crippen LogP) is 5.59. The van der Waals surface area contributed by atoms with Crippen LogP contribution >= 0.6 is 0 Å². The van der Waals surface area contributed by atoms with Crippen molar-refractivity contribution >= 4 is 17.6 Å². The van der Waals surface area contributed by atoms with Crippen molar-refractivity contribution in [3.8, 4) is 5.75 Å². The van der Waals surface area contributed by atoms with Crippen molar-refractivity contribution in [2.45, 2.75) is 45.5 Å². The summed E-state index contributed by atoms with van der Waals surface area (Å²) in [7, 11) is 0. The molecule has 0 aliphatic carbocycles. The second kappa shape index (κ2) is 12.4. The van der Waals surface area contributed by atoms with Crippen molar-refractivity contribution in [3.05, 3.63) is 88.7 Å². The summed E-state index contributed by atoms with van der Waals surface area (Å²) in [5.74, 6) is -1.87. The molecular weight excluding hydrogens is 487 g/mol. The second-order valence-electron chi connectivity index (χ2n) is 8.55. The van der Waals surface area contributed by atoms with Crippen molar-refractivity contribution < 1.29 is 32.6 Å². The maximum absolute atomic E-state index is 12.3. The number of ether oxygens (including phenoxy) is 1. The summed E-state index contributed by atoms with van der Waals surface area (Å²) >= 11 is 0. The fourth-order valence-corrected chi connectivity index (χ4v) is 3.75. The molecule has 0 fully saturated rings. The minimum absolute atomic E-state index is 0.158. The van der Waals surface area contributed by atoms with Crippen molar-refractivity contribution in [1.29, 1.82) is 0 Å². The highest BCUT2D eigenvalue weighted by Crippen LogP contribution is 2.35. The van der Waals surface area contributed by atoms with Crippen LogP contribution in [0.2, 0.25) is 0 Å². The van der Waals surface area contributed by atoms with Crippen molar-refractivity contribution in [2.75, 3.05) is 11.9 Å². The second-order valence-corrected chi connectivity index (χ2v) is 8.55. The number of nitrogens with zero attached hydrogens (tertiary/aromatic N) is 1. The van der Waals surface area contributed by atoms with Crippen LogP contribution in [0, 0.1) is 13.8 Å². The Kier molecular flexibility index (Phi) is 9.24. The van der Waals surface area contributed by atoms with E-state index in [-0.39, 0.29) is 11.9 Å². The van der Waals surface area contributed by atoms with Crippen LogP contribution in [0.25, 0.3) is 0 Å². The maximum Gasteiger partial charge on any atom is 0.490 e. The SMILES string of the molecule is Cc1ccc2c(c1C)OCCCC2NCc1ccc(NC(=O)c2cccnc2)cc1.O=C(O)C(F)(F)F. The number of aliphatic carboxylic acids is 1. The molecule has 1 aliphatic heterocycles. The number of carboxylic acid groups (broad SMARTS) is 1. The Morgan fingerprint density at radius 2 is 1.81 bits per heavy atom. The number of carbonyl (C=O) groups is 2. The molecule has 4 rings (SSSR count). The van der Waals surface area contributed by atoms with Gasteiger partial charge in [0, 0.05) is 36.2 Å². The number of carbonyl (C=O) groups excluding carboxylic acids is 1. The monoisotopic (exact) mass is 515 g/mol. The Hall–Kier alpha value is -3.92. The molecule has 7 nitrogen and oxygen atoms in total. The minimum atomic E-state index is -5.08. The quantitative estimate of drug-likeness (QED) is 0.410. The van der Waals surface area contributed by atoms with Gasteiger partial charge in [0.1, 0.15) is 5.75 Å². The summed E-state index contributed by atoms with van der Waals surface area (Å²) in [6, 6.07) is 16.1. The molecule has 1 aromatic heterocycles. The van der Waals surface area contributed by atoms with Gasteiger partial charge in [-0.25, -0.2) is 4.79 Å². The lowest BCUT2D eigenvalue weighted by Crippen LogP contribution is -2.21. The highest BCUT2D eigenvalue weighted by atomic mass is 19.4. The highest BCUT2D eigenvalue weighted by Gasteiger charge is 2.38. The molecule has 37 heavy (non-hydrogen) atoms. The number of alkyl halides is 3. The third kappa shape index (κ3) is 7.78. The number of carboxylic acids is 1. The van der Waals surface area contributed by atoms with E-state index in [1.807, 2.05) is 24.3 Å². The van der Waals surface area contributed by atoms with Crippen LogP contribution in [-0.4, -0.2) is 34.8 Å². The largest absolute Gasteiger partial charge is 0.493 e. The summed E-state index contributed by atoms with van der Waals surface area (Å²) in [5.41, 5.74) is 6.23. The van der Waals surface area contributed by atoms with Crippen LogP contribution < -0.4 is 15.4 Å². The molecule has 2 aromatic carbocycles. The Morgan fingerprint density at radius 3 is 2.43 bits per heavy atom. The zero-order valence-electron chi connectivity index (χ0n) is 20.4. The van der Waals surface area contributed by atoms with Gasteiger partial charge in [-0.2, -0.15) is 13.2 Å². The lowest BCUT2D eigenvalue weighted by atomic mass is 9.97. The molecule has 0 saturated heterocycles. The third-order valence-corrected chi connectivity index (χ3v) is 5.90. The van der Waals surface area contributed by atoms with Gasteiger partial charge in [-0.05, 0) is 67.6 Å². The lowest BCUT2D eigenvalue weighted by Gasteiger charge is -2.20. The van der Waals surface area contributed by atoms with Crippen LogP contribution in [0.4, 0.5) is 18.9 Å². The number of amides is 1. The molecule has 0 saturated carbocycles. The van der Waals surface area contributed by atoms with E-state index in [4.69, 9.17) is 14.6 Å². The Balaban J connectivity index is 0.000000479. The van der Waals surface area contributed by atoms with Gasteiger partial charge in [-0.15, -0.1) is 0 Å². The fourth-order valence-electron chi connectivity index (χ4n) is 3.75. The van der Waals surface area contributed by atoms with E-state index in [1.165, 1.54) is 22.3 Å². The fraction of sp³-hybridized carbons (Fsp3) is 0.296. The zero-order chi connectivity index (χ0) is 27.0. The number of fused-ring (bicyclic) bond motifs is 1. The number of benzene rings is 2. The molecule has 0 spiro atoms. The normalized spacial score (nSPS) is 14.8. The van der Waals surface area contributed by atoms with Crippen molar-refractivity contribution in [2.24, 2.45) is 0 Å². The number of rotatable bonds is 5. The van der Waals surface area contributed by atoms with Gasteiger partial charge in [0.05, 0.1) is 12.2 Å². The van der Waals surface area contributed by atoms with Crippen LogP contribution in [-0.2, 0) is 11.3 Å². The highest BCUT2D eigenvalue weighted by molar-refractivity contribution is 6.04. The van der Waals surface area contributed by atoms with Gasteiger partial charge in [-0.3, -0.25) is 9.78 Å². The first-order valence-electron chi connectivity index (χ1n) is 11.6. The number of aromatic nitrogens is 1. The van der Waals surface area contributed by atoms with E-state index in [9.17, 15) is 18.0 Å². The number of nitrogens with one attached hydrogen (secondary N) is 2. The predicted molar refractivity (Wildman–Crippen MR) is 133 cm³/mol. The number of hydrogen-bond acceptors (Lipinski definition) is 5. The molecule has 10 heteroatoms. The number of halogens is 3. The number of anilines is 1. The molecular formula is C27H28F3N3O4. The van der Waals surface area contributed by atoms with Gasteiger partial charge in [0.25, 0.3) is 5.91 Å². The standard InChI is InChI=1S/C25H27N3O2.C2HF3O2/c1-17-7-12-22-23(6-4-14-30-24(22)18(17)2)27-15-19-8-10-21(11-9-19)28-25(29)20-5-3-13-26-16-20;3-2(4,5)1(6)7/h3,5,7-13,16,23,27H,4,6,14-15H2,1-2H3,(H,28,29);(H,6,7). The van der Waals surface area contributed by atoms with E-state index in [0.29, 0.717) is 5.56 Å². The first kappa shape index (κ1) is 27.7. The van der Waals surface area contributed by atoms with Gasteiger partial charge in [0.15, 0.2) is 0 Å². The van der Waals surface area contributed by atoms with Crippen LogP contribution in [0.15, 0.2) is 60.9 Å². The van der Waals surface area contributed by atoms with Gasteiger partial charge in [0.2, 0.25) is 0 Å². The van der Waals surface area contributed by atoms with Gasteiger partial charge in [-0.1, -0.05) is 24.3 Å². The van der Waals surface area contributed by atoms with E-state index in [0.717, 1.165) is 37.4 Å². The first-order chi connectivity index (χ1) is 17.6. The number of hydrogen-bond donors (Lipinski definition) is 3. The third-order valence-electron chi connectivity index (χ3n) is 5.90. The lowest BCUT2D eigenvalue weighted by molar-refractivity contribution is -0.192. The zero-order valence-corrected chi connectivity index (χ0v) is 20.4. The van der Waals surface area contributed by atoms with Crippen LogP contribution in [0.3, 0.4) is 0 Å². The molecule has 1 atom stereocenters. The van der Waals surface area contributed by atoms with Gasteiger partial charge < -0.3 is 20.5 Å². The van der Waals surface area contributed by atoms with E-state index < -0.39 is 12.1 Å². The van der Waals surface area contributed by atoms with E-state index in [2.05, 4.69) is 41.6 Å². The molecule has 1 aliphatic rings. The van der Waals surface area contributed by atoms with Crippen molar-refractivity contribution in [3.63, 3.8) is 0 Å². The molecule has 0 radical (unpaired) electrons. The average Bonchev–Trinajstić information content (AvgIpc) is 3.09. The minimum Gasteiger partial charge on any atom is -0.493 e. The molecule has 3 N–H and O–H groups in total. The molecule has 2 heterocycles. The van der Waals surface area contributed by atoms with Crippen molar-refractivity contribution in [1.82, 2.24) is 10.3 Å². The smallest absolute Gasteiger partial charge is 0.490 e. The maximum atomic E-state index is 12.3. The Morgan fingerprint density at radius 1 is 1.11 bits per heavy atom. The Labute approximate surface area is 212 Å². The van der Waals surface area contributed by atoms with Gasteiger partial charge >= 0.3 is 12.1 Å². The van der Waals surface area contributed by atoms with Crippen LogP contribution in [0.5, 0.6) is 5.75 Å².